The monoisotopic (exact) mass is 623 g/mol. The maximum Gasteiger partial charge on any atom is 0.303 e. The second kappa shape index (κ2) is 18.7. The van der Waals surface area contributed by atoms with Crippen molar-refractivity contribution in [2.75, 3.05) is 6.54 Å². The van der Waals surface area contributed by atoms with Crippen LogP contribution in [0, 0.1) is 0 Å². The zero-order chi connectivity index (χ0) is 26.8. The SMILES string of the molecule is NCCCC(=O)O.[Ru].c1ccc(-c2ccccn2)nc1.c1ccc(P(c2ccccc2)c2ccccc2)cc1. The Hall–Kier alpha value is -3.56. The Balaban J connectivity index is 0.000000229. The number of carboxylic acid groups (broad SMARTS) is 1. The van der Waals surface area contributed by atoms with E-state index in [1.54, 1.807) is 12.4 Å². The molecule has 0 unspecified atom stereocenters. The number of hydrogen-bond acceptors (Lipinski definition) is 4. The van der Waals surface area contributed by atoms with Gasteiger partial charge >= 0.3 is 5.97 Å². The van der Waals surface area contributed by atoms with E-state index in [2.05, 4.69) is 101 Å². The molecule has 0 aliphatic carbocycles. The van der Waals surface area contributed by atoms with Crippen molar-refractivity contribution < 1.29 is 29.4 Å². The van der Waals surface area contributed by atoms with Gasteiger partial charge in [0, 0.05) is 38.3 Å². The van der Waals surface area contributed by atoms with Gasteiger partial charge in [0.15, 0.2) is 0 Å². The molecule has 0 radical (unpaired) electrons. The molecule has 0 saturated carbocycles. The van der Waals surface area contributed by atoms with E-state index in [9.17, 15) is 4.79 Å². The van der Waals surface area contributed by atoms with E-state index in [1.807, 2.05) is 36.4 Å². The molecule has 39 heavy (non-hydrogen) atoms. The van der Waals surface area contributed by atoms with Gasteiger partial charge < -0.3 is 10.8 Å². The summed E-state index contributed by atoms with van der Waals surface area (Å²) >= 11 is 0. The first-order valence-electron chi connectivity index (χ1n) is 12.4. The third-order valence-electron chi connectivity index (χ3n) is 5.23. The zero-order valence-electron chi connectivity index (χ0n) is 21.5. The molecular formula is C32H32N3O2PRu. The molecule has 0 aliphatic rings. The molecular weight excluding hydrogens is 590 g/mol. The van der Waals surface area contributed by atoms with Crippen molar-refractivity contribution in [3.8, 4) is 11.4 Å². The molecule has 2 aromatic heterocycles. The number of aromatic nitrogens is 2. The third-order valence-corrected chi connectivity index (χ3v) is 7.67. The summed E-state index contributed by atoms with van der Waals surface area (Å²) < 4.78 is 0. The number of benzene rings is 3. The Morgan fingerprint density at radius 1 is 0.615 bits per heavy atom. The molecule has 7 heteroatoms. The molecule has 5 nitrogen and oxygen atoms in total. The topological polar surface area (TPSA) is 89.1 Å². The molecule has 0 bridgehead atoms. The van der Waals surface area contributed by atoms with E-state index >= 15 is 0 Å². The van der Waals surface area contributed by atoms with E-state index in [0.29, 0.717) is 13.0 Å². The Morgan fingerprint density at radius 2 is 0.974 bits per heavy atom. The summed E-state index contributed by atoms with van der Waals surface area (Å²) in [5.41, 5.74) is 6.84. The first kappa shape index (κ1) is 31.7. The van der Waals surface area contributed by atoms with E-state index in [-0.39, 0.29) is 25.9 Å². The summed E-state index contributed by atoms with van der Waals surface area (Å²) in [7, 11) is -0.446. The molecule has 0 saturated heterocycles. The second-order valence-corrected chi connectivity index (χ2v) is 10.3. The first-order chi connectivity index (χ1) is 18.7. The predicted molar refractivity (Wildman–Crippen MR) is 159 cm³/mol. The standard InChI is InChI=1S/C18H15P.C10H8N2.C4H9NO2.Ru/c1-4-10-16(11-5-1)19(17-12-6-2-7-13-17)18-14-8-3-9-15-18;1-3-7-11-9(5-1)10-6-2-4-8-12-10;5-3-1-2-4(6)7;/h1-15H;1-8H;1-3,5H2,(H,6,7);. The van der Waals surface area contributed by atoms with Crippen LogP contribution in [0.2, 0.25) is 0 Å². The van der Waals surface area contributed by atoms with Crippen LogP contribution < -0.4 is 21.6 Å². The predicted octanol–water partition coefficient (Wildman–Crippen LogP) is 5.40. The minimum absolute atomic E-state index is 0. The van der Waals surface area contributed by atoms with Crippen LogP contribution in [0.5, 0.6) is 0 Å². The molecule has 0 atom stereocenters. The van der Waals surface area contributed by atoms with Crippen molar-refractivity contribution in [2.45, 2.75) is 12.8 Å². The molecule has 0 amide bonds. The minimum Gasteiger partial charge on any atom is -0.481 e. The largest absolute Gasteiger partial charge is 0.481 e. The first-order valence-corrected chi connectivity index (χ1v) is 13.7. The summed E-state index contributed by atoms with van der Waals surface area (Å²) in [6, 6.07) is 43.9. The van der Waals surface area contributed by atoms with Gasteiger partial charge in [-0.1, -0.05) is 103 Å². The van der Waals surface area contributed by atoms with Crippen LogP contribution in [0.4, 0.5) is 0 Å². The number of carboxylic acids is 1. The van der Waals surface area contributed by atoms with Crippen LogP contribution in [0.15, 0.2) is 140 Å². The molecule has 0 aliphatic heterocycles. The van der Waals surface area contributed by atoms with Crippen LogP contribution >= 0.6 is 7.92 Å². The quantitative estimate of drug-likeness (QED) is 0.188. The molecule has 5 rings (SSSR count). The third kappa shape index (κ3) is 11.4. The maximum atomic E-state index is 9.70. The van der Waals surface area contributed by atoms with Gasteiger partial charge in [-0.3, -0.25) is 14.8 Å². The number of nitrogens with zero attached hydrogens (tertiary/aromatic N) is 2. The summed E-state index contributed by atoms with van der Waals surface area (Å²) in [4.78, 5) is 18.1. The Kier molecular flexibility index (Phi) is 15.1. The number of hydrogen-bond donors (Lipinski definition) is 2. The fraction of sp³-hybridized carbons (Fsp3) is 0.0938. The van der Waals surface area contributed by atoms with Crippen molar-refractivity contribution in [3.63, 3.8) is 0 Å². The fourth-order valence-electron chi connectivity index (χ4n) is 3.46. The number of carbonyl (C=O) groups is 1. The van der Waals surface area contributed by atoms with E-state index in [0.717, 1.165) is 11.4 Å². The smallest absolute Gasteiger partial charge is 0.303 e. The van der Waals surface area contributed by atoms with Crippen molar-refractivity contribution in [1.82, 2.24) is 9.97 Å². The number of aliphatic carboxylic acids is 1. The zero-order valence-corrected chi connectivity index (χ0v) is 24.2. The summed E-state index contributed by atoms with van der Waals surface area (Å²) in [6.45, 7) is 0.465. The van der Waals surface area contributed by atoms with Crippen LogP contribution in [0.1, 0.15) is 12.8 Å². The van der Waals surface area contributed by atoms with Crippen molar-refractivity contribution >= 4 is 29.8 Å². The number of pyridine rings is 2. The molecule has 2 heterocycles. The molecule has 0 spiro atoms. The number of nitrogens with two attached hydrogens (primary N) is 1. The molecule has 3 aromatic carbocycles. The normalized spacial score (nSPS) is 9.69. The van der Waals surface area contributed by atoms with Crippen LogP contribution in [-0.2, 0) is 24.3 Å². The van der Waals surface area contributed by atoms with Crippen molar-refractivity contribution in [3.05, 3.63) is 140 Å². The van der Waals surface area contributed by atoms with E-state index in [4.69, 9.17) is 10.8 Å². The van der Waals surface area contributed by atoms with Crippen molar-refractivity contribution in [1.29, 1.82) is 0 Å². The maximum absolute atomic E-state index is 9.70. The van der Waals surface area contributed by atoms with Gasteiger partial charge in [-0.05, 0) is 61.1 Å². The summed E-state index contributed by atoms with van der Waals surface area (Å²) in [6.07, 6.45) is 4.31. The summed E-state index contributed by atoms with van der Waals surface area (Å²) in [5.74, 6) is -0.773. The van der Waals surface area contributed by atoms with Crippen molar-refractivity contribution in [2.24, 2.45) is 5.73 Å². The molecule has 3 N–H and O–H groups in total. The minimum atomic E-state index is -0.773. The van der Waals surface area contributed by atoms with Crippen LogP contribution in [0.3, 0.4) is 0 Å². The van der Waals surface area contributed by atoms with Crippen LogP contribution in [0.25, 0.3) is 11.4 Å². The van der Waals surface area contributed by atoms with Gasteiger partial charge in [0.05, 0.1) is 11.4 Å². The second-order valence-electron chi connectivity index (χ2n) is 8.06. The van der Waals surface area contributed by atoms with Gasteiger partial charge in [0.2, 0.25) is 0 Å². The molecule has 0 fully saturated rings. The molecule has 5 aromatic rings. The van der Waals surface area contributed by atoms with Gasteiger partial charge in [0.25, 0.3) is 0 Å². The van der Waals surface area contributed by atoms with Crippen LogP contribution in [-0.4, -0.2) is 27.6 Å². The Labute approximate surface area is 244 Å². The van der Waals surface area contributed by atoms with E-state index in [1.165, 1.54) is 15.9 Å². The number of rotatable bonds is 7. The fourth-order valence-corrected chi connectivity index (χ4v) is 5.77. The Bertz CT molecular complexity index is 1180. The van der Waals surface area contributed by atoms with Gasteiger partial charge in [-0.2, -0.15) is 0 Å². The average molecular weight is 623 g/mol. The van der Waals surface area contributed by atoms with E-state index < -0.39 is 13.9 Å². The molecule has 200 valence electrons. The average Bonchev–Trinajstić information content (AvgIpc) is 2.99. The van der Waals surface area contributed by atoms with Gasteiger partial charge in [-0.25, -0.2) is 0 Å². The summed E-state index contributed by atoms with van der Waals surface area (Å²) in [5, 5.41) is 12.2. The Morgan fingerprint density at radius 3 is 1.23 bits per heavy atom. The van der Waals surface area contributed by atoms with Gasteiger partial charge in [-0.15, -0.1) is 0 Å². The van der Waals surface area contributed by atoms with Gasteiger partial charge in [0.1, 0.15) is 0 Å².